The van der Waals surface area contributed by atoms with Gasteiger partial charge in [0.25, 0.3) is 0 Å². The number of hydrogen-bond donors (Lipinski definition) is 3. The fourth-order valence-corrected chi connectivity index (χ4v) is 5.57. The summed E-state index contributed by atoms with van der Waals surface area (Å²) in [6.07, 6.45) is -2.05. The molecule has 0 saturated carbocycles. The number of alkyl halides is 1. The maximum atomic E-state index is 15.9. The van der Waals surface area contributed by atoms with Crippen LogP contribution in [0.15, 0.2) is 43.0 Å². The number of anilines is 1. The molecule has 15 heteroatoms. The minimum absolute atomic E-state index is 0.198. The Balaban J connectivity index is 1.54. The number of aliphatic hydroxyl groups excluding tert-OH is 1. The van der Waals surface area contributed by atoms with Crippen molar-refractivity contribution in [2.24, 2.45) is 0 Å². The standard InChI is InChI=1S/C24H32FN6O7P/c1-14(2)36-22(33)15(3)30-39(34,38-16-9-7-6-8-10-16)35-11-17-19(32)24(4,25)23(37-17)31-13-29-18-20(26-5)27-12-28-21(18)31/h6-10,12-15,17,19,23,32H,11H2,1-5H3,(H,30,34)(H,26,27,28)/t15?,17-,19-,23-,24-,39-/m1/s1. The first-order chi connectivity index (χ1) is 18.4. The molecule has 0 spiro atoms. The summed E-state index contributed by atoms with van der Waals surface area (Å²) in [5.41, 5.74) is -1.63. The first kappa shape index (κ1) is 28.8. The topological polar surface area (TPSA) is 159 Å². The van der Waals surface area contributed by atoms with E-state index in [1.807, 2.05) is 0 Å². The lowest BCUT2D eigenvalue weighted by atomic mass is 9.98. The Morgan fingerprint density at radius 1 is 1.26 bits per heavy atom. The minimum atomic E-state index is -4.26. The van der Waals surface area contributed by atoms with Crippen molar-refractivity contribution in [3.8, 4) is 5.75 Å². The fourth-order valence-electron chi connectivity index (χ4n) is 4.06. The molecule has 1 aliphatic heterocycles. The molecule has 39 heavy (non-hydrogen) atoms. The van der Waals surface area contributed by atoms with Gasteiger partial charge in [0.1, 0.15) is 35.8 Å². The molecular formula is C24H32FN6O7P. The molecule has 3 aromatic rings. The van der Waals surface area contributed by atoms with Crippen molar-refractivity contribution in [2.75, 3.05) is 19.0 Å². The van der Waals surface area contributed by atoms with Crippen LogP contribution in [-0.2, 0) is 23.4 Å². The molecule has 3 N–H and O–H groups in total. The quantitative estimate of drug-likeness (QED) is 0.230. The molecule has 1 unspecified atom stereocenters. The van der Waals surface area contributed by atoms with E-state index in [0.717, 1.165) is 0 Å². The lowest BCUT2D eigenvalue weighted by Crippen LogP contribution is -2.41. The summed E-state index contributed by atoms with van der Waals surface area (Å²) in [5.74, 6) is -0.0364. The predicted octanol–water partition coefficient (Wildman–Crippen LogP) is 2.99. The Morgan fingerprint density at radius 2 is 1.97 bits per heavy atom. The Hall–Kier alpha value is -3.16. The Morgan fingerprint density at radius 3 is 2.64 bits per heavy atom. The molecule has 3 heterocycles. The van der Waals surface area contributed by atoms with Crippen molar-refractivity contribution in [3.05, 3.63) is 43.0 Å². The van der Waals surface area contributed by atoms with Crippen LogP contribution in [0.25, 0.3) is 11.2 Å². The van der Waals surface area contributed by atoms with Gasteiger partial charge >= 0.3 is 13.7 Å². The largest absolute Gasteiger partial charge is 0.462 e. The number of fused-ring (bicyclic) bond motifs is 1. The van der Waals surface area contributed by atoms with E-state index in [1.54, 1.807) is 51.2 Å². The number of ether oxygens (including phenoxy) is 2. The van der Waals surface area contributed by atoms with Crippen LogP contribution in [0.5, 0.6) is 5.75 Å². The van der Waals surface area contributed by atoms with E-state index in [0.29, 0.717) is 11.3 Å². The van der Waals surface area contributed by atoms with Gasteiger partial charge < -0.3 is 24.4 Å². The Labute approximate surface area is 224 Å². The van der Waals surface area contributed by atoms with E-state index >= 15 is 4.39 Å². The number of esters is 1. The van der Waals surface area contributed by atoms with Gasteiger partial charge in [-0.25, -0.2) is 23.9 Å². The number of para-hydroxylation sites is 1. The number of carbonyl (C=O) groups excluding carboxylic acids is 1. The third-order valence-corrected chi connectivity index (χ3v) is 7.64. The number of carbonyl (C=O) groups is 1. The number of halogens is 1. The first-order valence-electron chi connectivity index (χ1n) is 12.3. The number of rotatable bonds is 11. The van der Waals surface area contributed by atoms with Gasteiger partial charge in [0, 0.05) is 7.05 Å². The zero-order valence-electron chi connectivity index (χ0n) is 22.1. The van der Waals surface area contributed by atoms with E-state index in [1.165, 1.54) is 31.1 Å². The van der Waals surface area contributed by atoms with Crippen LogP contribution in [0, 0.1) is 0 Å². The zero-order valence-corrected chi connectivity index (χ0v) is 23.0. The van der Waals surface area contributed by atoms with E-state index in [4.69, 9.17) is 18.5 Å². The van der Waals surface area contributed by atoms with Gasteiger partial charge in [0.05, 0.1) is 19.0 Å². The molecule has 0 bridgehead atoms. The SMILES string of the molecule is CNc1ncnc2c1ncn2[C@@H]1O[C@H](CO[P@](=O)(NC(C)C(=O)OC(C)C)Oc2ccccc2)[C@@H](O)[C@@]1(C)F. The van der Waals surface area contributed by atoms with E-state index in [9.17, 15) is 14.5 Å². The summed E-state index contributed by atoms with van der Waals surface area (Å²) in [4.78, 5) is 24.9. The highest BCUT2D eigenvalue weighted by atomic mass is 31.2. The Bertz CT molecular complexity index is 1340. The van der Waals surface area contributed by atoms with Crippen LogP contribution in [-0.4, -0.2) is 74.3 Å². The van der Waals surface area contributed by atoms with Gasteiger partial charge in [-0.2, -0.15) is 5.09 Å². The number of hydrogen-bond acceptors (Lipinski definition) is 11. The molecule has 1 fully saturated rings. The summed E-state index contributed by atoms with van der Waals surface area (Å²) in [6, 6.07) is 7.10. The summed E-state index contributed by atoms with van der Waals surface area (Å²) in [5, 5.41) is 16.3. The molecule has 0 radical (unpaired) electrons. The first-order valence-corrected chi connectivity index (χ1v) is 13.8. The van der Waals surface area contributed by atoms with Crippen LogP contribution in [0.2, 0.25) is 0 Å². The normalized spacial score (nSPS) is 25.4. The predicted molar refractivity (Wildman–Crippen MR) is 139 cm³/mol. The third kappa shape index (κ3) is 6.20. The zero-order chi connectivity index (χ0) is 28.4. The lowest BCUT2D eigenvalue weighted by molar-refractivity contribution is -0.149. The van der Waals surface area contributed by atoms with Gasteiger partial charge in [-0.15, -0.1) is 0 Å². The fraction of sp³-hybridized carbons (Fsp3) is 0.500. The van der Waals surface area contributed by atoms with E-state index in [-0.39, 0.29) is 11.4 Å². The van der Waals surface area contributed by atoms with E-state index in [2.05, 4.69) is 25.4 Å². The molecule has 1 aromatic carbocycles. The summed E-state index contributed by atoms with van der Waals surface area (Å²) >= 11 is 0. The summed E-state index contributed by atoms with van der Waals surface area (Å²) in [7, 11) is -2.59. The highest BCUT2D eigenvalue weighted by Crippen LogP contribution is 2.48. The molecular weight excluding hydrogens is 534 g/mol. The van der Waals surface area contributed by atoms with Crippen LogP contribution < -0.4 is 14.9 Å². The molecule has 1 saturated heterocycles. The van der Waals surface area contributed by atoms with Crippen molar-refractivity contribution in [3.63, 3.8) is 0 Å². The average molecular weight is 567 g/mol. The third-order valence-electron chi connectivity index (χ3n) is 6.00. The molecule has 6 atom stereocenters. The van der Waals surface area contributed by atoms with Crippen LogP contribution in [0.4, 0.5) is 10.2 Å². The number of nitrogens with one attached hydrogen (secondary N) is 2. The average Bonchev–Trinajstić information content (AvgIpc) is 3.41. The second-order valence-corrected chi connectivity index (χ2v) is 11.1. The number of aromatic nitrogens is 4. The van der Waals surface area contributed by atoms with Crippen molar-refractivity contribution in [2.45, 2.75) is 63.9 Å². The Kier molecular flexibility index (Phi) is 8.52. The number of imidazole rings is 1. The molecule has 2 aromatic heterocycles. The molecule has 13 nitrogen and oxygen atoms in total. The van der Waals surface area contributed by atoms with E-state index < -0.39 is 56.6 Å². The smallest absolute Gasteiger partial charge is 0.459 e. The molecule has 1 aliphatic rings. The van der Waals surface area contributed by atoms with Crippen molar-refractivity contribution in [1.29, 1.82) is 0 Å². The van der Waals surface area contributed by atoms with Gasteiger partial charge in [-0.05, 0) is 39.8 Å². The molecule has 4 rings (SSSR count). The maximum absolute atomic E-state index is 15.9. The monoisotopic (exact) mass is 566 g/mol. The van der Waals surface area contributed by atoms with Crippen molar-refractivity contribution < 1.29 is 37.4 Å². The number of aliphatic hydroxyl groups is 1. The van der Waals surface area contributed by atoms with Crippen LogP contribution in [0.3, 0.4) is 0 Å². The van der Waals surface area contributed by atoms with Gasteiger partial charge in [0.2, 0.25) is 0 Å². The number of nitrogens with zero attached hydrogens (tertiary/aromatic N) is 4. The highest BCUT2D eigenvalue weighted by Gasteiger charge is 2.56. The molecule has 0 aliphatic carbocycles. The van der Waals surface area contributed by atoms with Crippen LogP contribution >= 0.6 is 7.75 Å². The highest BCUT2D eigenvalue weighted by molar-refractivity contribution is 7.52. The van der Waals surface area contributed by atoms with Crippen molar-refractivity contribution >= 4 is 30.7 Å². The summed E-state index contributed by atoms with van der Waals surface area (Å²) in [6.45, 7) is 5.44. The lowest BCUT2D eigenvalue weighted by Gasteiger charge is -2.25. The minimum Gasteiger partial charge on any atom is -0.462 e. The number of benzene rings is 1. The van der Waals surface area contributed by atoms with Gasteiger partial charge in [-0.3, -0.25) is 13.9 Å². The second-order valence-electron chi connectivity index (χ2n) is 9.45. The maximum Gasteiger partial charge on any atom is 0.459 e. The summed E-state index contributed by atoms with van der Waals surface area (Å²) < 4.78 is 53.2. The molecule has 0 amide bonds. The van der Waals surface area contributed by atoms with Gasteiger partial charge in [0.15, 0.2) is 23.4 Å². The molecule has 212 valence electrons. The van der Waals surface area contributed by atoms with Crippen molar-refractivity contribution in [1.82, 2.24) is 24.6 Å². The van der Waals surface area contributed by atoms with Gasteiger partial charge in [-0.1, -0.05) is 18.2 Å². The van der Waals surface area contributed by atoms with Crippen LogP contribution in [0.1, 0.15) is 33.9 Å². The second kappa shape index (κ2) is 11.5.